The zero-order valence-corrected chi connectivity index (χ0v) is 8.15. The van der Waals surface area contributed by atoms with Crippen molar-refractivity contribution >= 4 is 0 Å². The normalized spacial score (nSPS) is 10.5. The molecule has 2 nitrogen and oxygen atoms in total. The van der Waals surface area contributed by atoms with Crippen LogP contribution in [0.3, 0.4) is 0 Å². The summed E-state index contributed by atoms with van der Waals surface area (Å²) in [6.07, 6.45) is 7.27. The second-order valence-corrected chi connectivity index (χ2v) is 3.16. The number of nitrogens with one attached hydrogen (secondary N) is 1. The molecule has 0 atom stereocenters. The van der Waals surface area contributed by atoms with E-state index in [1.807, 2.05) is 0 Å². The van der Waals surface area contributed by atoms with Gasteiger partial charge < -0.3 is 11.1 Å². The molecule has 0 bridgehead atoms. The standard InChI is InChI=1S/C10H23N2/c1-2-3-6-9-12-10-7-4-5-8-11/h12H,1-11H2. The van der Waals surface area contributed by atoms with Crippen molar-refractivity contribution in [2.24, 2.45) is 5.73 Å². The maximum absolute atomic E-state index is 5.38. The fraction of sp³-hybridized carbons (Fsp3) is 0.900. The largest absolute Gasteiger partial charge is 0.330 e. The summed E-state index contributed by atoms with van der Waals surface area (Å²) < 4.78 is 0. The first kappa shape index (κ1) is 11.9. The van der Waals surface area contributed by atoms with E-state index in [0.29, 0.717) is 0 Å². The Kier molecular flexibility index (Phi) is 10.8. The van der Waals surface area contributed by atoms with Gasteiger partial charge in [-0.2, -0.15) is 0 Å². The zero-order valence-electron chi connectivity index (χ0n) is 8.15. The summed E-state index contributed by atoms with van der Waals surface area (Å²) in [6, 6.07) is 0. The molecule has 73 valence electrons. The van der Waals surface area contributed by atoms with E-state index >= 15 is 0 Å². The SMILES string of the molecule is [CH2]CCCCNCCCCCN. The van der Waals surface area contributed by atoms with Crippen molar-refractivity contribution in [2.75, 3.05) is 19.6 Å². The highest BCUT2D eigenvalue weighted by molar-refractivity contribution is 4.50. The Balaban J connectivity index is 2.73. The number of hydrogen-bond acceptors (Lipinski definition) is 2. The highest BCUT2D eigenvalue weighted by atomic mass is 14.8. The molecule has 1 radical (unpaired) electrons. The van der Waals surface area contributed by atoms with E-state index in [1.54, 1.807) is 0 Å². The monoisotopic (exact) mass is 171 g/mol. The third-order valence-electron chi connectivity index (χ3n) is 1.91. The lowest BCUT2D eigenvalue weighted by atomic mass is 10.2. The maximum Gasteiger partial charge on any atom is -0.00489 e. The Labute approximate surface area is 76.9 Å². The third kappa shape index (κ3) is 9.92. The average molecular weight is 171 g/mol. The minimum Gasteiger partial charge on any atom is -0.330 e. The van der Waals surface area contributed by atoms with Crippen molar-refractivity contribution in [2.45, 2.75) is 38.5 Å². The van der Waals surface area contributed by atoms with Crippen LogP contribution in [0.4, 0.5) is 0 Å². The molecule has 0 saturated heterocycles. The number of rotatable bonds is 9. The Hall–Kier alpha value is -0.0800. The van der Waals surface area contributed by atoms with E-state index in [4.69, 9.17) is 5.73 Å². The Morgan fingerprint density at radius 1 is 0.917 bits per heavy atom. The number of unbranched alkanes of at least 4 members (excludes halogenated alkanes) is 4. The lowest BCUT2D eigenvalue weighted by molar-refractivity contribution is 0.582. The van der Waals surface area contributed by atoms with Gasteiger partial charge in [-0.1, -0.05) is 26.2 Å². The first-order valence-corrected chi connectivity index (χ1v) is 5.12. The quantitative estimate of drug-likeness (QED) is 0.518. The van der Waals surface area contributed by atoms with Crippen LogP contribution in [0.15, 0.2) is 0 Å². The van der Waals surface area contributed by atoms with Gasteiger partial charge in [0.1, 0.15) is 0 Å². The van der Waals surface area contributed by atoms with E-state index in [2.05, 4.69) is 12.2 Å². The topological polar surface area (TPSA) is 38.0 Å². The van der Waals surface area contributed by atoms with E-state index in [-0.39, 0.29) is 0 Å². The van der Waals surface area contributed by atoms with Crippen molar-refractivity contribution < 1.29 is 0 Å². The molecule has 0 aromatic rings. The van der Waals surface area contributed by atoms with E-state index < -0.39 is 0 Å². The Morgan fingerprint density at radius 2 is 1.58 bits per heavy atom. The third-order valence-corrected chi connectivity index (χ3v) is 1.91. The van der Waals surface area contributed by atoms with Gasteiger partial charge in [-0.15, -0.1) is 0 Å². The second-order valence-electron chi connectivity index (χ2n) is 3.16. The predicted octanol–water partition coefficient (Wildman–Crippen LogP) is 1.71. The summed E-state index contributed by atoms with van der Waals surface area (Å²) in [5.74, 6) is 0. The van der Waals surface area contributed by atoms with Crippen LogP contribution in [0, 0.1) is 6.92 Å². The fourth-order valence-corrected chi connectivity index (χ4v) is 1.12. The molecule has 0 aromatic heterocycles. The predicted molar refractivity (Wildman–Crippen MR) is 55.0 cm³/mol. The molecular formula is C10H23N2. The van der Waals surface area contributed by atoms with Crippen molar-refractivity contribution in [3.05, 3.63) is 6.92 Å². The molecule has 0 rings (SSSR count). The van der Waals surface area contributed by atoms with E-state index in [9.17, 15) is 0 Å². The first-order chi connectivity index (χ1) is 5.91. The molecule has 0 amide bonds. The van der Waals surface area contributed by atoms with Crippen molar-refractivity contribution in [3.63, 3.8) is 0 Å². The first-order valence-electron chi connectivity index (χ1n) is 5.12. The van der Waals surface area contributed by atoms with Gasteiger partial charge in [-0.05, 0) is 38.9 Å². The average Bonchev–Trinajstić information content (AvgIpc) is 2.10. The minimum atomic E-state index is 0.835. The molecule has 0 spiro atoms. The number of nitrogens with two attached hydrogens (primary N) is 1. The van der Waals surface area contributed by atoms with Gasteiger partial charge in [0.05, 0.1) is 0 Å². The summed E-state index contributed by atoms with van der Waals surface area (Å²) in [5, 5.41) is 3.41. The molecule has 0 aliphatic carbocycles. The van der Waals surface area contributed by atoms with Crippen LogP contribution in [-0.4, -0.2) is 19.6 Å². The molecule has 0 aliphatic heterocycles. The lowest BCUT2D eigenvalue weighted by Crippen LogP contribution is -2.16. The van der Waals surface area contributed by atoms with Gasteiger partial charge in [0, 0.05) is 0 Å². The molecule has 0 saturated carbocycles. The number of hydrogen-bond donors (Lipinski definition) is 2. The van der Waals surface area contributed by atoms with Crippen molar-refractivity contribution in [3.8, 4) is 0 Å². The molecule has 0 fully saturated rings. The van der Waals surface area contributed by atoms with E-state index in [1.165, 1.54) is 32.1 Å². The van der Waals surface area contributed by atoms with E-state index in [0.717, 1.165) is 26.1 Å². The maximum atomic E-state index is 5.38. The van der Waals surface area contributed by atoms with Crippen LogP contribution in [-0.2, 0) is 0 Å². The van der Waals surface area contributed by atoms with Crippen LogP contribution in [0.2, 0.25) is 0 Å². The molecule has 0 aliphatic rings. The molecule has 12 heavy (non-hydrogen) atoms. The van der Waals surface area contributed by atoms with Crippen LogP contribution >= 0.6 is 0 Å². The van der Waals surface area contributed by atoms with Crippen LogP contribution < -0.4 is 11.1 Å². The molecular weight excluding hydrogens is 148 g/mol. The van der Waals surface area contributed by atoms with Gasteiger partial charge in [0.25, 0.3) is 0 Å². The van der Waals surface area contributed by atoms with Crippen molar-refractivity contribution in [1.29, 1.82) is 0 Å². The van der Waals surface area contributed by atoms with Gasteiger partial charge in [-0.25, -0.2) is 0 Å². The summed E-state index contributed by atoms with van der Waals surface area (Å²) in [6.45, 7) is 6.94. The summed E-state index contributed by atoms with van der Waals surface area (Å²) in [7, 11) is 0. The molecule has 0 unspecified atom stereocenters. The van der Waals surface area contributed by atoms with Gasteiger partial charge in [-0.3, -0.25) is 0 Å². The second kappa shape index (κ2) is 10.9. The fourth-order valence-electron chi connectivity index (χ4n) is 1.12. The lowest BCUT2D eigenvalue weighted by Gasteiger charge is -2.02. The Bertz CT molecular complexity index is 64.2. The smallest absolute Gasteiger partial charge is 0.00489 e. The van der Waals surface area contributed by atoms with Gasteiger partial charge in [0.15, 0.2) is 0 Å². The minimum absolute atomic E-state index is 0.835. The van der Waals surface area contributed by atoms with Gasteiger partial charge in [0.2, 0.25) is 0 Å². The molecule has 0 heterocycles. The summed E-state index contributed by atoms with van der Waals surface area (Å²) in [5.41, 5.74) is 5.38. The summed E-state index contributed by atoms with van der Waals surface area (Å²) in [4.78, 5) is 0. The van der Waals surface area contributed by atoms with Crippen LogP contribution in [0.5, 0.6) is 0 Å². The zero-order chi connectivity index (χ0) is 9.07. The highest BCUT2D eigenvalue weighted by Crippen LogP contribution is 1.93. The van der Waals surface area contributed by atoms with Crippen LogP contribution in [0.1, 0.15) is 38.5 Å². The Morgan fingerprint density at radius 3 is 2.17 bits per heavy atom. The molecule has 0 aromatic carbocycles. The van der Waals surface area contributed by atoms with Crippen molar-refractivity contribution in [1.82, 2.24) is 5.32 Å². The highest BCUT2D eigenvalue weighted by Gasteiger charge is 1.88. The van der Waals surface area contributed by atoms with Crippen LogP contribution in [0.25, 0.3) is 0 Å². The molecule has 3 N–H and O–H groups in total. The molecule has 2 heteroatoms. The summed E-state index contributed by atoms with van der Waals surface area (Å²) >= 11 is 0. The van der Waals surface area contributed by atoms with Gasteiger partial charge >= 0.3 is 0 Å².